The van der Waals surface area contributed by atoms with E-state index in [-0.39, 0.29) is 24.0 Å². The highest BCUT2D eigenvalue weighted by Gasteiger charge is 2.38. The van der Waals surface area contributed by atoms with Crippen LogP contribution in [0.3, 0.4) is 0 Å². The second-order valence-electron chi connectivity index (χ2n) is 6.13. The lowest BCUT2D eigenvalue weighted by atomic mass is 9.89. The number of nitrogens with one attached hydrogen (secondary N) is 1. The summed E-state index contributed by atoms with van der Waals surface area (Å²) in [5.74, 6) is 0.485. The van der Waals surface area contributed by atoms with E-state index < -0.39 is 0 Å². The first-order valence-corrected chi connectivity index (χ1v) is 7.69. The van der Waals surface area contributed by atoms with Crippen LogP contribution >= 0.6 is 0 Å². The van der Waals surface area contributed by atoms with Crippen LogP contribution in [0.25, 0.3) is 0 Å². The van der Waals surface area contributed by atoms with Gasteiger partial charge in [-0.1, -0.05) is 19.3 Å². The van der Waals surface area contributed by atoms with Crippen LogP contribution in [0, 0.1) is 5.92 Å². The molecule has 2 aliphatic rings. The van der Waals surface area contributed by atoms with Crippen molar-refractivity contribution in [1.29, 1.82) is 0 Å². The predicted octanol–water partition coefficient (Wildman–Crippen LogP) is 1.32. The van der Waals surface area contributed by atoms with Gasteiger partial charge in [0, 0.05) is 26.1 Å². The smallest absolute Gasteiger partial charge is 0.323 e. The molecule has 0 aromatic rings. The molecule has 1 aliphatic heterocycles. The molecule has 0 radical (unpaired) electrons. The summed E-state index contributed by atoms with van der Waals surface area (Å²) >= 11 is 0. The largest absolute Gasteiger partial charge is 0.468 e. The number of esters is 1. The zero-order valence-electron chi connectivity index (χ0n) is 12.6. The maximum Gasteiger partial charge on any atom is 0.323 e. The molecule has 5 heteroatoms. The van der Waals surface area contributed by atoms with Gasteiger partial charge in [0.05, 0.1) is 7.11 Å². The second kappa shape index (κ2) is 7.07. The summed E-state index contributed by atoms with van der Waals surface area (Å²) in [6.07, 6.45) is 7.13. The van der Waals surface area contributed by atoms with Gasteiger partial charge in [0.25, 0.3) is 0 Å². The molecule has 2 rings (SSSR count). The van der Waals surface area contributed by atoms with Gasteiger partial charge in [-0.05, 0) is 25.2 Å². The number of methoxy groups -OCH3 is 1. The number of nitrogens with zero attached hydrogens (tertiary/aromatic N) is 1. The molecule has 2 atom stereocenters. The summed E-state index contributed by atoms with van der Waals surface area (Å²) in [7, 11) is 1.44. The van der Waals surface area contributed by atoms with E-state index in [2.05, 4.69) is 10.2 Å². The Balaban J connectivity index is 1.95. The number of hydrogen-bond acceptors (Lipinski definition) is 4. The molecule has 0 aromatic heterocycles. The van der Waals surface area contributed by atoms with Crippen LogP contribution in [0.5, 0.6) is 0 Å². The quantitative estimate of drug-likeness (QED) is 0.790. The number of ether oxygens (including phenoxy) is 1. The van der Waals surface area contributed by atoms with Crippen molar-refractivity contribution in [2.45, 2.75) is 57.5 Å². The normalized spacial score (nSPS) is 28.3. The minimum absolute atomic E-state index is 0.0295. The lowest BCUT2D eigenvalue weighted by Crippen LogP contribution is -2.40. The third-order valence-corrected chi connectivity index (χ3v) is 4.50. The number of amides is 1. The maximum absolute atomic E-state index is 11.9. The fourth-order valence-corrected chi connectivity index (χ4v) is 3.58. The summed E-state index contributed by atoms with van der Waals surface area (Å²) < 4.78 is 4.91. The Morgan fingerprint density at radius 3 is 2.55 bits per heavy atom. The first kappa shape index (κ1) is 15.3. The molecule has 1 amide bonds. The monoisotopic (exact) mass is 282 g/mol. The molecule has 2 fully saturated rings. The maximum atomic E-state index is 11.9. The molecule has 0 unspecified atom stereocenters. The molecule has 1 N–H and O–H groups in total. The molecule has 0 aromatic carbocycles. The zero-order valence-corrected chi connectivity index (χ0v) is 12.6. The van der Waals surface area contributed by atoms with Gasteiger partial charge in [-0.3, -0.25) is 14.5 Å². The molecule has 1 aliphatic carbocycles. The Kier molecular flexibility index (Phi) is 5.40. The Bertz CT molecular complexity index is 353. The van der Waals surface area contributed by atoms with E-state index in [1.165, 1.54) is 46.1 Å². The summed E-state index contributed by atoms with van der Waals surface area (Å²) in [5, 5.41) is 2.93. The van der Waals surface area contributed by atoms with E-state index >= 15 is 0 Å². The van der Waals surface area contributed by atoms with Crippen LogP contribution in [0.15, 0.2) is 0 Å². The van der Waals surface area contributed by atoms with Crippen molar-refractivity contribution in [2.24, 2.45) is 5.92 Å². The van der Waals surface area contributed by atoms with E-state index in [4.69, 9.17) is 4.74 Å². The van der Waals surface area contributed by atoms with Crippen molar-refractivity contribution in [3.63, 3.8) is 0 Å². The van der Waals surface area contributed by atoms with Gasteiger partial charge in [0.15, 0.2) is 0 Å². The molecule has 0 spiro atoms. The fraction of sp³-hybridized carbons (Fsp3) is 0.867. The zero-order chi connectivity index (χ0) is 14.5. The predicted molar refractivity (Wildman–Crippen MR) is 76.2 cm³/mol. The summed E-state index contributed by atoms with van der Waals surface area (Å²) in [6, 6.07) is -0.126. The van der Waals surface area contributed by atoms with Crippen LogP contribution in [-0.2, 0) is 14.3 Å². The first-order chi connectivity index (χ1) is 9.60. The highest BCUT2D eigenvalue weighted by atomic mass is 16.5. The van der Waals surface area contributed by atoms with Crippen molar-refractivity contribution in [3.8, 4) is 0 Å². The number of rotatable bonds is 4. The SMILES string of the molecule is COC(=O)[C@@H]1C[C@H](NC(C)=O)CN1CC1CCCCC1. The topological polar surface area (TPSA) is 58.6 Å². The third-order valence-electron chi connectivity index (χ3n) is 4.50. The van der Waals surface area contributed by atoms with Crippen LogP contribution in [0.4, 0.5) is 0 Å². The lowest BCUT2D eigenvalue weighted by molar-refractivity contribution is -0.146. The van der Waals surface area contributed by atoms with Gasteiger partial charge in [0.2, 0.25) is 5.91 Å². The van der Waals surface area contributed by atoms with Gasteiger partial charge in [0.1, 0.15) is 6.04 Å². The van der Waals surface area contributed by atoms with Gasteiger partial charge >= 0.3 is 5.97 Å². The lowest BCUT2D eigenvalue weighted by Gasteiger charge is -2.29. The molecule has 5 nitrogen and oxygen atoms in total. The van der Waals surface area contributed by atoms with E-state index in [1.807, 2.05) is 0 Å². The average molecular weight is 282 g/mol. The number of likely N-dealkylation sites (tertiary alicyclic amines) is 1. The van der Waals surface area contributed by atoms with E-state index in [0.717, 1.165) is 13.1 Å². The number of carbonyl (C=O) groups excluding carboxylic acids is 2. The molecule has 20 heavy (non-hydrogen) atoms. The van der Waals surface area contributed by atoms with Crippen LogP contribution < -0.4 is 5.32 Å². The molecule has 1 saturated heterocycles. The molecule has 1 saturated carbocycles. The second-order valence-corrected chi connectivity index (χ2v) is 6.13. The van der Waals surface area contributed by atoms with Crippen molar-refractivity contribution in [3.05, 3.63) is 0 Å². The minimum Gasteiger partial charge on any atom is -0.468 e. The standard InChI is InChI=1S/C15H26N2O3/c1-11(18)16-13-8-14(15(19)20-2)17(10-13)9-12-6-4-3-5-7-12/h12-14H,3-10H2,1-2H3,(H,16,18)/t13-,14-/m0/s1. The Labute approximate surface area is 121 Å². The summed E-state index contributed by atoms with van der Waals surface area (Å²) in [6.45, 7) is 3.24. The fourth-order valence-electron chi connectivity index (χ4n) is 3.58. The van der Waals surface area contributed by atoms with Crippen LogP contribution in [0.2, 0.25) is 0 Å². The average Bonchev–Trinajstić information content (AvgIpc) is 2.80. The molecular weight excluding hydrogens is 256 g/mol. The van der Waals surface area contributed by atoms with Crippen molar-refractivity contribution < 1.29 is 14.3 Å². The molecule has 1 heterocycles. The number of hydrogen-bond donors (Lipinski definition) is 1. The van der Waals surface area contributed by atoms with Crippen molar-refractivity contribution in [1.82, 2.24) is 10.2 Å². The minimum atomic E-state index is -0.196. The van der Waals surface area contributed by atoms with Crippen molar-refractivity contribution in [2.75, 3.05) is 20.2 Å². The van der Waals surface area contributed by atoms with E-state index in [1.54, 1.807) is 0 Å². The first-order valence-electron chi connectivity index (χ1n) is 7.69. The van der Waals surface area contributed by atoms with Gasteiger partial charge in [-0.25, -0.2) is 0 Å². The molecule has 0 bridgehead atoms. The van der Waals surface area contributed by atoms with Crippen LogP contribution in [-0.4, -0.2) is 49.1 Å². The van der Waals surface area contributed by atoms with E-state index in [9.17, 15) is 9.59 Å². The Morgan fingerprint density at radius 1 is 1.25 bits per heavy atom. The highest BCUT2D eigenvalue weighted by Crippen LogP contribution is 2.28. The van der Waals surface area contributed by atoms with Crippen molar-refractivity contribution >= 4 is 11.9 Å². The van der Waals surface area contributed by atoms with Gasteiger partial charge in [-0.15, -0.1) is 0 Å². The summed E-state index contributed by atoms with van der Waals surface area (Å²) in [5.41, 5.74) is 0. The Hall–Kier alpha value is -1.10. The molecular formula is C15H26N2O3. The Morgan fingerprint density at radius 2 is 1.95 bits per heavy atom. The number of carbonyl (C=O) groups is 2. The van der Waals surface area contributed by atoms with Crippen LogP contribution in [0.1, 0.15) is 45.4 Å². The highest BCUT2D eigenvalue weighted by molar-refractivity contribution is 5.77. The van der Waals surface area contributed by atoms with Gasteiger partial charge < -0.3 is 10.1 Å². The van der Waals surface area contributed by atoms with Gasteiger partial charge in [-0.2, -0.15) is 0 Å². The van der Waals surface area contributed by atoms with E-state index in [0.29, 0.717) is 12.3 Å². The summed E-state index contributed by atoms with van der Waals surface area (Å²) in [4.78, 5) is 25.3. The molecule has 114 valence electrons. The third kappa shape index (κ3) is 3.95.